The molecule has 0 radical (unpaired) electrons. The number of rotatable bonds is 6. The lowest BCUT2D eigenvalue weighted by molar-refractivity contribution is 0.859. The van der Waals surface area contributed by atoms with Crippen LogP contribution >= 0.6 is 11.8 Å². The van der Waals surface area contributed by atoms with E-state index in [4.69, 9.17) is 0 Å². The number of aryl methyl sites for hydroxylation is 1. The monoisotopic (exact) mass is 253 g/mol. The fraction of sp³-hybridized carbons (Fsp3) is 0.692. The summed E-state index contributed by atoms with van der Waals surface area (Å²) in [6, 6.07) is 0. The number of hydrogen-bond donors (Lipinski definition) is 1. The van der Waals surface area contributed by atoms with Crippen molar-refractivity contribution < 1.29 is 0 Å². The van der Waals surface area contributed by atoms with Crippen molar-refractivity contribution >= 4 is 17.6 Å². The molecule has 1 heterocycles. The van der Waals surface area contributed by atoms with Crippen LogP contribution in [0.2, 0.25) is 0 Å². The van der Waals surface area contributed by atoms with E-state index in [0.29, 0.717) is 5.25 Å². The Balaban J connectivity index is 3.02. The van der Waals surface area contributed by atoms with Gasteiger partial charge in [-0.3, -0.25) is 0 Å². The summed E-state index contributed by atoms with van der Waals surface area (Å²) in [7, 11) is 0. The molecule has 17 heavy (non-hydrogen) atoms. The summed E-state index contributed by atoms with van der Waals surface area (Å²) in [5.41, 5.74) is 1.18. The summed E-state index contributed by atoms with van der Waals surface area (Å²) in [5.74, 6) is 1.93. The van der Waals surface area contributed by atoms with Gasteiger partial charge in [-0.1, -0.05) is 27.7 Å². The molecule has 0 saturated heterocycles. The van der Waals surface area contributed by atoms with Gasteiger partial charge in [-0.25, -0.2) is 9.97 Å². The zero-order valence-corrected chi connectivity index (χ0v) is 12.3. The molecule has 0 aliphatic rings. The SMILES string of the molecule is CCCNc1nc(CC)nc(SC(C)C)c1C. The maximum atomic E-state index is 4.61. The molecule has 96 valence electrons. The van der Waals surface area contributed by atoms with Gasteiger partial charge in [-0.15, -0.1) is 11.8 Å². The van der Waals surface area contributed by atoms with Gasteiger partial charge in [-0.2, -0.15) is 0 Å². The number of anilines is 1. The topological polar surface area (TPSA) is 37.8 Å². The first kappa shape index (κ1) is 14.3. The highest BCUT2D eigenvalue weighted by Gasteiger charge is 2.11. The normalized spacial score (nSPS) is 10.9. The summed E-state index contributed by atoms with van der Waals surface area (Å²) < 4.78 is 0. The van der Waals surface area contributed by atoms with Gasteiger partial charge >= 0.3 is 0 Å². The van der Waals surface area contributed by atoms with Gasteiger partial charge in [0.15, 0.2) is 0 Å². The number of hydrogen-bond acceptors (Lipinski definition) is 4. The molecule has 0 aliphatic heterocycles. The van der Waals surface area contributed by atoms with Crippen LogP contribution in [0.4, 0.5) is 5.82 Å². The smallest absolute Gasteiger partial charge is 0.133 e. The van der Waals surface area contributed by atoms with Crippen LogP contribution in [-0.4, -0.2) is 21.8 Å². The van der Waals surface area contributed by atoms with Crippen LogP contribution in [0, 0.1) is 6.92 Å². The highest BCUT2D eigenvalue weighted by atomic mass is 32.2. The van der Waals surface area contributed by atoms with Crippen molar-refractivity contribution in [1.29, 1.82) is 0 Å². The predicted octanol–water partition coefficient (Wildman–Crippen LogP) is 3.67. The second kappa shape index (κ2) is 6.84. The third-order valence-electron chi connectivity index (χ3n) is 2.35. The van der Waals surface area contributed by atoms with Gasteiger partial charge in [0, 0.05) is 23.8 Å². The Morgan fingerprint density at radius 2 is 1.94 bits per heavy atom. The van der Waals surface area contributed by atoms with Crippen LogP contribution in [0.5, 0.6) is 0 Å². The average Bonchev–Trinajstić information content (AvgIpc) is 2.29. The molecule has 0 aromatic carbocycles. The third-order valence-corrected chi connectivity index (χ3v) is 3.45. The van der Waals surface area contributed by atoms with Gasteiger partial charge in [0.1, 0.15) is 16.7 Å². The molecule has 0 unspecified atom stereocenters. The largest absolute Gasteiger partial charge is 0.370 e. The average molecular weight is 253 g/mol. The minimum absolute atomic E-state index is 0.548. The van der Waals surface area contributed by atoms with Crippen molar-refractivity contribution in [1.82, 2.24) is 9.97 Å². The maximum absolute atomic E-state index is 4.61. The lowest BCUT2D eigenvalue weighted by atomic mass is 10.3. The molecular formula is C13H23N3S. The molecule has 4 heteroatoms. The Kier molecular flexibility index (Phi) is 5.75. The standard InChI is InChI=1S/C13H23N3S/c1-6-8-14-12-10(5)13(17-9(3)4)16-11(7-2)15-12/h9H,6-8H2,1-5H3,(H,14,15,16). The summed E-state index contributed by atoms with van der Waals surface area (Å²) in [6.07, 6.45) is 1.99. The van der Waals surface area contributed by atoms with Crippen LogP contribution in [0.15, 0.2) is 5.03 Å². The molecule has 0 fully saturated rings. The Labute approximate surface area is 109 Å². The van der Waals surface area contributed by atoms with E-state index in [1.165, 1.54) is 5.56 Å². The fourth-order valence-electron chi connectivity index (χ4n) is 1.45. The van der Waals surface area contributed by atoms with Crippen molar-refractivity contribution in [3.05, 3.63) is 11.4 Å². The van der Waals surface area contributed by atoms with Gasteiger partial charge < -0.3 is 5.32 Å². The Bertz CT molecular complexity index is 364. The second-order valence-electron chi connectivity index (χ2n) is 4.37. The molecule has 1 rings (SSSR count). The summed E-state index contributed by atoms with van der Waals surface area (Å²) in [6.45, 7) is 11.7. The number of thioether (sulfide) groups is 1. The first-order valence-corrected chi connectivity index (χ1v) is 7.24. The van der Waals surface area contributed by atoms with Crippen LogP contribution in [0.25, 0.3) is 0 Å². The first-order chi connectivity index (χ1) is 8.08. The molecule has 1 aromatic rings. The van der Waals surface area contributed by atoms with Crippen molar-refractivity contribution in [2.45, 2.75) is 57.7 Å². The molecule has 0 atom stereocenters. The quantitative estimate of drug-likeness (QED) is 0.620. The van der Waals surface area contributed by atoms with Gasteiger partial charge in [0.2, 0.25) is 0 Å². The van der Waals surface area contributed by atoms with E-state index in [9.17, 15) is 0 Å². The summed E-state index contributed by atoms with van der Waals surface area (Å²) in [5, 5.41) is 5.05. The first-order valence-electron chi connectivity index (χ1n) is 6.36. The fourth-order valence-corrected chi connectivity index (χ4v) is 2.33. The molecule has 0 bridgehead atoms. The highest BCUT2D eigenvalue weighted by molar-refractivity contribution is 7.99. The van der Waals surface area contributed by atoms with Gasteiger partial charge in [0.25, 0.3) is 0 Å². The number of aromatic nitrogens is 2. The second-order valence-corrected chi connectivity index (χ2v) is 5.93. The third kappa shape index (κ3) is 4.19. The molecular weight excluding hydrogens is 230 g/mol. The Hall–Kier alpha value is -0.770. The molecule has 1 aromatic heterocycles. The number of nitrogens with zero attached hydrogens (tertiary/aromatic N) is 2. The Morgan fingerprint density at radius 1 is 1.24 bits per heavy atom. The highest BCUT2D eigenvalue weighted by Crippen LogP contribution is 2.28. The zero-order valence-electron chi connectivity index (χ0n) is 11.5. The van der Waals surface area contributed by atoms with Crippen LogP contribution in [0.3, 0.4) is 0 Å². The lowest BCUT2D eigenvalue weighted by Crippen LogP contribution is -2.09. The summed E-state index contributed by atoms with van der Waals surface area (Å²) in [4.78, 5) is 9.17. The van der Waals surface area contributed by atoms with Crippen molar-refractivity contribution in [3.63, 3.8) is 0 Å². The molecule has 0 spiro atoms. The summed E-state index contributed by atoms with van der Waals surface area (Å²) >= 11 is 1.81. The minimum atomic E-state index is 0.548. The molecule has 0 amide bonds. The van der Waals surface area contributed by atoms with E-state index in [0.717, 1.165) is 36.1 Å². The van der Waals surface area contributed by atoms with E-state index in [1.54, 1.807) is 0 Å². The van der Waals surface area contributed by atoms with Crippen LogP contribution in [0.1, 0.15) is 45.5 Å². The van der Waals surface area contributed by atoms with E-state index >= 15 is 0 Å². The minimum Gasteiger partial charge on any atom is -0.370 e. The molecule has 3 nitrogen and oxygen atoms in total. The Morgan fingerprint density at radius 3 is 2.47 bits per heavy atom. The zero-order chi connectivity index (χ0) is 12.8. The maximum Gasteiger partial charge on any atom is 0.133 e. The van der Waals surface area contributed by atoms with Crippen LogP contribution < -0.4 is 5.32 Å². The van der Waals surface area contributed by atoms with Gasteiger partial charge in [0.05, 0.1) is 0 Å². The lowest BCUT2D eigenvalue weighted by Gasteiger charge is -2.14. The predicted molar refractivity (Wildman–Crippen MR) is 75.9 cm³/mol. The van der Waals surface area contributed by atoms with Crippen molar-refractivity contribution in [2.24, 2.45) is 0 Å². The number of nitrogens with one attached hydrogen (secondary N) is 1. The molecule has 0 saturated carbocycles. The van der Waals surface area contributed by atoms with E-state index in [1.807, 2.05) is 11.8 Å². The van der Waals surface area contributed by atoms with E-state index in [-0.39, 0.29) is 0 Å². The van der Waals surface area contributed by atoms with Crippen LogP contribution in [-0.2, 0) is 6.42 Å². The van der Waals surface area contributed by atoms with Crippen molar-refractivity contribution in [2.75, 3.05) is 11.9 Å². The molecule has 1 N–H and O–H groups in total. The van der Waals surface area contributed by atoms with E-state index in [2.05, 4.69) is 49.9 Å². The van der Waals surface area contributed by atoms with E-state index < -0.39 is 0 Å². The van der Waals surface area contributed by atoms with Gasteiger partial charge in [-0.05, 0) is 13.3 Å². The van der Waals surface area contributed by atoms with Crippen molar-refractivity contribution in [3.8, 4) is 0 Å². The molecule has 0 aliphatic carbocycles.